The summed E-state index contributed by atoms with van der Waals surface area (Å²) in [4.78, 5) is 8.40. The fourth-order valence-corrected chi connectivity index (χ4v) is 1.77. The number of hydrogen-bond donors (Lipinski definition) is 2. The lowest BCUT2D eigenvalue weighted by Gasteiger charge is -2.10. The Hall–Kier alpha value is -2.30. The number of aryl methyl sites for hydroxylation is 1. The van der Waals surface area contributed by atoms with Crippen molar-refractivity contribution in [1.82, 2.24) is 9.97 Å². The molecule has 19 heavy (non-hydrogen) atoms. The van der Waals surface area contributed by atoms with E-state index in [1.165, 1.54) is 0 Å². The minimum absolute atomic E-state index is 0.619. The maximum atomic E-state index is 5.84. The zero-order valence-corrected chi connectivity index (χ0v) is 11.2. The standard InChI is InChI=1S/C14H18N4O/c1-3-19-14-7-11(15)6-13(8-14)17-9-12-4-5-16-10(2)18-12/h4-8,17H,3,9,15H2,1-2H3. The van der Waals surface area contributed by atoms with Gasteiger partial charge in [0.15, 0.2) is 0 Å². The van der Waals surface area contributed by atoms with Gasteiger partial charge in [0.05, 0.1) is 18.8 Å². The van der Waals surface area contributed by atoms with E-state index < -0.39 is 0 Å². The van der Waals surface area contributed by atoms with Crippen LogP contribution in [-0.4, -0.2) is 16.6 Å². The molecule has 1 heterocycles. The number of nitrogens with one attached hydrogen (secondary N) is 1. The van der Waals surface area contributed by atoms with Gasteiger partial charge in [-0.25, -0.2) is 9.97 Å². The number of ether oxygens (including phenoxy) is 1. The zero-order chi connectivity index (χ0) is 13.7. The predicted molar refractivity (Wildman–Crippen MR) is 76.1 cm³/mol. The second-order valence-corrected chi connectivity index (χ2v) is 4.17. The number of rotatable bonds is 5. The Labute approximate surface area is 112 Å². The molecule has 3 N–H and O–H groups in total. The van der Waals surface area contributed by atoms with Gasteiger partial charge >= 0.3 is 0 Å². The average molecular weight is 258 g/mol. The SMILES string of the molecule is CCOc1cc(N)cc(NCc2ccnc(C)n2)c1. The van der Waals surface area contributed by atoms with Crippen LogP contribution in [-0.2, 0) is 6.54 Å². The maximum absolute atomic E-state index is 5.84. The van der Waals surface area contributed by atoms with Crippen LogP contribution in [0.5, 0.6) is 5.75 Å². The average Bonchev–Trinajstić information content (AvgIpc) is 2.36. The molecular formula is C14H18N4O. The molecule has 1 aromatic heterocycles. The van der Waals surface area contributed by atoms with Crippen molar-refractivity contribution in [3.8, 4) is 5.75 Å². The Kier molecular flexibility index (Phi) is 4.18. The molecule has 100 valence electrons. The van der Waals surface area contributed by atoms with Gasteiger partial charge < -0.3 is 15.8 Å². The van der Waals surface area contributed by atoms with Crippen molar-refractivity contribution in [1.29, 1.82) is 0 Å². The molecular weight excluding hydrogens is 240 g/mol. The second kappa shape index (κ2) is 6.04. The summed E-state index contributed by atoms with van der Waals surface area (Å²) in [6.07, 6.45) is 1.75. The molecule has 0 amide bonds. The van der Waals surface area contributed by atoms with Gasteiger partial charge in [-0.1, -0.05) is 0 Å². The first kappa shape index (κ1) is 13.1. The summed E-state index contributed by atoms with van der Waals surface area (Å²) < 4.78 is 5.45. The largest absolute Gasteiger partial charge is 0.494 e. The lowest BCUT2D eigenvalue weighted by molar-refractivity contribution is 0.340. The van der Waals surface area contributed by atoms with Crippen LogP contribution in [0.1, 0.15) is 18.4 Å². The highest BCUT2D eigenvalue weighted by Gasteiger charge is 2.01. The van der Waals surface area contributed by atoms with Crippen molar-refractivity contribution in [2.75, 3.05) is 17.7 Å². The number of nitrogens with zero attached hydrogens (tertiary/aromatic N) is 2. The molecule has 5 heteroatoms. The van der Waals surface area contributed by atoms with Gasteiger partial charge in [0.25, 0.3) is 0 Å². The van der Waals surface area contributed by atoms with E-state index in [0.717, 1.165) is 23.0 Å². The van der Waals surface area contributed by atoms with E-state index >= 15 is 0 Å². The molecule has 0 aliphatic rings. The molecule has 1 aromatic carbocycles. The Morgan fingerprint density at radius 1 is 1.32 bits per heavy atom. The molecule has 0 bridgehead atoms. The number of nitrogen functional groups attached to an aromatic ring is 1. The van der Waals surface area contributed by atoms with E-state index in [0.29, 0.717) is 18.8 Å². The van der Waals surface area contributed by atoms with Crippen molar-refractivity contribution < 1.29 is 4.74 Å². The first-order valence-corrected chi connectivity index (χ1v) is 6.23. The molecule has 0 atom stereocenters. The van der Waals surface area contributed by atoms with Gasteiger partial charge in [0.1, 0.15) is 11.6 Å². The number of hydrogen-bond acceptors (Lipinski definition) is 5. The summed E-state index contributed by atoms with van der Waals surface area (Å²) in [5.74, 6) is 1.53. The lowest BCUT2D eigenvalue weighted by Crippen LogP contribution is -2.04. The third kappa shape index (κ3) is 3.84. The van der Waals surface area contributed by atoms with E-state index in [1.807, 2.05) is 38.1 Å². The number of benzene rings is 1. The maximum Gasteiger partial charge on any atom is 0.125 e. The molecule has 5 nitrogen and oxygen atoms in total. The molecule has 0 radical (unpaired) electrons. The number of nitrogens with two attached hydrogens (primary N) is 1. The van der Waals surface area contributed by atoms with Crippen LogP contribution in [0.25, 0.3) is 0 Å². The van der Waals surface area contributed by atoms with E-state index in [9.17, 15) is 0 Å². The summed E-state index contributed by atoms with van der Waals surface area (Å²) >= 11 is 0. The Morgan fingerprint density at radius 2 is 2.16 bits per heavy atom. The fraction of sp³-hybridized carbons (Fsp3) is 0.286. The van der Waals surface area contributed by atoms with Crippen LogP contribution in [0.2, 0.25) is 0 Å². The molecule has 0 saturated carbocycles. The normalized spacial score (nSPS) is 10.2. The Bertz CT molecular complexity index is 557. The molecule has 0 aliphatic heterocycles. The number of anilines is 2. The van der Waals surface area contributed by atoms with Crippen molar-refractivity contribution in [2.24, 2.45) is 0 Å². The van der Waals surface area contributed by atoms with Crippen molar-refractivity contribution in [3.63, 3.8) is 0 Å². The smallest absolute Gasteiger partial charge is 0.125 e. The van der Waals surface area contributed by atoms with Gasteiger partial charge in [0, 0.05) is 29.7 Å². The summed E-state index contributed by atoms with van der Waals surface area (Å²) in [7, 11) is 0. The molecule has 2 rings (SSSR count). The summed E-state index contributed by atoms with van der Waals surface area (Å²) in [5.41, 5.74) is 8.36. The molecule has 0 fully saturated rings. The topological polar surface area (TPSA) is 73.1 Å². The fourth-order valence-electron chi connectivity index (χ4n) is 1.77. The summed E-state index contributed by atoms with van der Waals surface area (Å²) in [6, 6.07) is 7.49. The monoisotopic (exact) mass is 258 g/mol. The number of aromatic nitrogens is 2. The Morgan fingerprint density at radius 3 is 2.89 bits per heavy atom. The minimum Gasteiger partial charge on any atom is -0.494 e. The minimum atomic E-state index is 0.619. The first-order chi connectivity index (χ1) is 9.17. The van der Waals surface area contributed by atoms with Crippen molar-refractivity contribution in [3.05, 3.63) is 42.0 Å². The van der Waals surface area contributed by atoms with E-state index in [2.05, 4.69) is 15.3 Å². The van der Waals surface area contributed by atoms with Crippen molar-refractivity contribution in [2.45, 2.75) is 20.4 Å². The lowest BCUT2D eigenvalue weighted by atomic mass is 10.2. The Balaban J connectivity index is 2.06. The van der Waals surface area contributed by atoms with Gasteiger partial charge in [-0.2, -0.15) is 0 Å². The highest BCUT2D eigenvalue weighted by atomic mass is 16.5. The highest BCUT2D eigenvalue weighted by Crippen LogP contribution is 2.22. The third-order valence-corrected chi connectivity index (χ3v) is 2.55. The molecule has 0 spiro atoms. The first-order valence-electron chi connectivity index (χ1n) is 6.23. The summed E-state index contributed by atoms with van der Waals surface area (Å²) in [5, 5.41) is 3.28. The van der Waals surface area contributed by atoms with Crippen LogP contribution < -0.4 is 15.8 Å². The molecule has 2 aromatic rings. The van der Waals surface area contributed by atoms with E-state index in [-0.39, 0.29) is 0 Å². The van der Waals surface area contributed by atoms with Crippen LogP contribution in [0, 0.1) is 6.92 Å². The zero-order valence-electron chi connectivity index (χ0n) is 11.2. The quantitative estimate of drug-likeness (QED) is 0.805. The van der Waals surface area contributed by atoms with Crippen molar-refractivity contribution >= 4 is 11.4 Å². The van der Waals surface area contributed by atoms with Crippen LogP contribution in [0.3, 0.4) is 0 Å². The van der Waals surface area contributed by atoms with Crippen LogP contribution in [0.4, 0.5) is 11.4 Å². The highest BCUT2D eigenvalue weighted by molar-refractivity contribution is 5.59. The molecule has 0 unspecified atom stereocenters. The summed E-state index contributed by atoms with van der Waals surface area (Å²) in [6.45, 7) is 5.06. The molecule has 0 saturated heterocycles. The van der Waals surface area contributed by atoms with Gasteiger partial charge in [-0.3, -0.25) is 0 Å². The second-order valence-electron chi connectivity index (χ2n) is 4.17. The predicted octanol–water partition coefficient (Wildman–Crippen LogP) is 2.38. The van der Waals surface area contributed by atoms with Crippen LogP contribution in [0.15, 0.2) is 30.5 Å². The van der Waals surface area contributed by atoms with Gasteiger partial charge in [-0.05, 0) is 26.0 Å². The third-order valence-electron chi connectivity index (χ3n) is 2.55. The van der Waals surface area contributed by atoms with E-state index in [1.54, 1.807) is 6.20 Å². The van der Waals surface area contributed by atoms with Gasteiger partial charge in [0.2, 0.25) is 0 Å². The van der Waals surface area contributed by atoms with Gasteiger partial charge in [-0.15, -0.1) is 0 Å². The van der Waals surface area contributed by atoms with E-state index in [4.69, 9.17) is 10.5 Å². The van der Waals surface area contributed by atoms with Crippen LogP contribution >= 0.6 is 0 Å². The molecule has 0 aliphatic carbocycles.